The molecular formula is C20H25N3O. The molecule has 24 heavy (non-hydrogen) atoms. The lowest BCUT2D eigenvalue weighted by Crippen LogP contribution is -2.41. The van der Waals surface area contributed by atoms with Crippen LogP contribution in [0.3, 0.4) is 0 Å². The molecule has 0 aliphatic carbocycles. The maximum absolute atomic E-state index is 5.72. The second-order valence-corrected chi connectivity index (χ2v) is 5.98. The smallest absolute Gasteiger partial charge is 0.193 e. The van der Waals surface area contributed by atoms with Crippen LogP contribution in [0.5, 0.6) is 5.75 Å². The van der Waals surface area contributed by atoms with E-state index in [2.05, 4.69) is 45.5 Å². The highest BCUT2D eigenvalue weighted by molar-refractivity contribution is 5.80. The van der Waals surface area contributed by atoms with Gasteiger partial charge in [-0.25, -0.2) is 0 Å². The standard InChI is InChI=1S/C20H25N3O/c1-21-20(22-13-15-24-19-10-6-3-7-11-19)23-14-12-18(16-23)17-8-4-2-5-9-17/h2-11,18H,12-16H2,1H3,(H,21,22). The van der Waals surface area contributed by atoms with Gasteiger partial charge in [-0.3, -0.25) is 4.99 Å². The number of ether oxygens (including phenoxy) is 1. The minimum Gasteiger partial charge on any atom is -0.492 e. The van der Waals surface area contributed by atoms with Crippen molar-refractivity contribution in [3.63, 3.8) is 0 Å². The van der Waals surface area contributed by atoms with Crippen LogP contribution in [0.1, 0.15) is 17.9 Å². The van der Waals surface area contributed by atoms with Crippen molar-refractivity contribution in [2.45, 2.75) is 12.3 Å². The Morgan fingerprint density at radius 3 is 2.54 bits per heavy atom. The van der Waals surface area contributed by atoms with Crippen molar-refractivity contribution in [1.29, 1.82) is 0 Å². The Morgan fingerprint density at radius 2 is 1.83 bits per heavy atom. The van der Waals surface area contributed by atoms with Crippen LogP contribution in [0.15, 0.2) is 65.7 Å². The molecule has 0 spiro atoms. The van der Waals surface area contributed by atoms with Gasteiger partial charge in [-0.2, -0.15) is 0 Å². The summed E-state index contributed by atoms with van der Waals surface area (Å²) in [4.78, 5) is 6.75. The van der Waals surface area contributed by atoms with Crippen molar-refractivity contribution < 1.29 is 4.74 Å². The number of aliphatic imine (C=N–C) groups is 1. The molecular weight excluding hydrogens is 298 g/mol. The van der Waals surface area contributed by atoms with E-state index < -0.39 is 0 Å². The number of benzene rings is 2. The average molecular weight is 323 g/mol. The Morgan fingerprint density at radius 1 is 1.12 bits per heavy atom. The first-order valence-corrected chi connectivity index (χ1v) is 8.55. The van der Waals surface area contributed by atoms with Crippen LogP contribution < -0.4 is 10.1 Å². The zero-order valence-corrected chi connectivity index (χ0v) is 14.2. The molecule has 0 aromatic heterocycles. The third kappa shape index (κ3) is 4.28. The van der Waals surface area contributed by atoms with Crippen LogP contribution in [-0.2, 0) is 0 Å². The van der Waals surface area contributed by atoms with E-state index in [4.69, 9.17) is 4.74 Å². The van der Waals surface area contributed by atoms with Crippen LogP contribution in [-0.4, -0.2) is 44.1 Å². The predicted molar refractivity (Wildman–Crippen MR) is 98.7 cm³/mol. The lowest BCUT2D eigenvalue weighted by molar-refractivity contribution is 0.319. The first-order chi connectivity index (χ1) is 11.9. The van der Waals surface area contributed by atoms with E-state index >= 15 is 0 Å². The fourth-order valence-corrected chi connectivity index (χ4v) is 3.13. The molecule has 0 bridgehead atoms. The average Bonchev–Trinajstić information content (AvgIpc) is 3.13. The molecule has 1 aliphatic rings. The summed E-state index contributed by atoms with van der Waals surface area (Å²) < 4.78 is 5.72. The molecule has 1 atom stereocenters. The summed E-state index contributed by atoms with van der Waals surface area (Å²) in [7, 11) is 1.84. The molecule has 3 rings (SSSR count). The molecule has 1 saturated heterocycles. The minimum absolute atomic E-state index is 0.588. The van der Waals surface area contributed by atoms with Crippen molar-refractivity contribution in [2.75, 3.05) is 33.3 Å². The van der Waals surface area contributed by atoms with E-state index in [1.54, 1.807) is 0 Å². The normalized spacial score (nSPS) is 17.8. The summed E-state index contributed by atoms with van der Waals surface area (Å²) in [6, 6.07) is 20.6. The van der Waals surface area contributed by atoms with E-state index in [0.717, 1.165) is 31.3 Å². The third-order valence-corrected chi connectivity index (χ3v) is 4.37. The molecule has 1 N–H and O–H groups in total. The van der Waals surface area contributed by atoms with Gasteiger partial charge in [-0.05, 0) is 24.1 Å². The fraction of sp³-hybridized carbons (Fsp3) is 0.350. The van der Waals surface area contributed by atoms with Crippen molar-refractivity contribution in [1.82, 2.24) is 10.2 Å². The Kier molecular flexibility index (Phi) is 5.72. The van der Waals surface area contributed by atoms with Gasteiger partial charge in [0.2, 0.25) is 0 Å². The summed E-state index contributed by atoms with van der Waals surface area (Å²) in [5, 5.41) is 3.40. The number of hydrogen-bond acceptors (Lipinski definition) is 2. The molecule has 1 heterocycles. The fourth-order valence-electron chi connectivity index (χ4n) is 3.13. The van der Waals surface area contributed by atoms with Gasteiger partial charge >= 0.3 is 0 Å². The SMILES string of the molecule is CN=C(NCCOc1ccccc1)N1CCC(c2ccccc2)C1. The lowest BCUT2D eigenvalue weighted by Gasteiger charge is -2.22. The van der Waals surface area contributed by atoms with E-state index in [0.29, 0.717) is 12.5 Å². The van der Waals surface area contributed by atoms with Gasteiger partial charge < -0.3 is 15.0 Å². The van der Waals surface area contributed by atoms with Crippen molar-refractivity contribution in [3.05, 3.63) is 66.2 Å². The summed E-state index contributed by atoms with van der Waals surface area (Å²) in [6.45, 7) is 3.43. The second kappa shape index (κ2) is 8.39. The Hall–Kier alpha value is -2.49. The molecule has 0 saturated carbocycles. The van der Waals surface area contributed by atoms with E-state index in [1.807, 2.05) is 37.4 Å². The molecule has 4 nitrogen and oxygen atoms in total. The zero-order valence-electron chi connectivity index (χ0n) is 14.2. The Bertz CT molecular complexity index is 642. The highest BCUT2D eigenvalue weighted by Gasteiger charge is 2.25. The molecule has 0 radical (unpaired) electrons. The predicted octanol–water partition coefficient (Wildman–Crippen LogP) is 3.13. The molecule has 1 unspecified atom stereocenters. The summed E-state index contributed by atoms with van der Waals surface area (Å²) in [5.41, 5.74) is 1.42. The monoisotopic (exact) mass is 323 g/mol. The van der Waals surface area contributed by atoms with Gasteiger partial charge in [0.25, 0.3) is 0 Å². The van der Waals surface area contributed by atoms with Gasteiger partial charge in [0.05, 0.1) is 6.54 Å². The highest BCUT2D eigenvalue weighted by Crippen LogP contribution is 2.26. The zero-order chi connectivity index (χ0) is 16.6. The third-order valence-electron chi connectivity index (χ3n) is 4.37. The van der Waals surface area contributed by atoms with Crippen LogP contribution in [0.2, 0.25) is 0 Å². The van der Waals surface area contributed by atoms with Crippen molar-refractivity contribution >= 4 is 5.96 Å². The Labute approximate surface area is 144 Å². The number of rotatable bonds is 5. The van der Waals surface area contributed by atoms with Crippen molar-refractivity contribution in [3.8, 4) is 5.75 Å². The van der Waals surface area contributed by atoms with Gasteiger partial charge in [0, 0.05) is 26.1 Å². The first-order valence-electron chi connectivity index (χ1n) is 8.55. The van der Waals surface area contributed by atoms with Gasteiger partial charge in [-0.15, -0.1) is 0 Å². The molecule has 1 fully saturated rings. The summed E-state index contributed by atoms with van der Waals surface area (Å²) >= 11 is 0. The molecule has 2 aromatic carbocycles. The quantitative estimate of drug-likeness (QED) is 0.522. The number of guanidine groups is 1. The number of nitrogens with one attached hydrogen (secondary N) is 1. The van der Waals surface area contributed by atoms with Gasteiger partial charge in [0.1, 0.15) is 12.4 Å². The summed E-state index contributed by atoms with van der Waals surface area (Å²) in [6.07, 6.45) is 1.17. The minimum atomic E-state index is 0.588. The number of hydrogen-bond donors (Lipinski definition) is 1. The van der Waals surface area contributed by atoms with Gasteiger partial charge in [0.15, 0.2) is 5.96 Å². The maximum atomic E-state index is 5.72. The lowest BCUT2D eigenvalue weighted by atomic mass is 9.99. The number of para-hydroxylation sites is 1. The van der Waals surface area contributed by atoms with E-state index in [-0.39, 0.29) is 0 Å². The van der Waals surface area contributed by atoms with E-state index in [1.165, 1.54) is 12.0 Å². The molecule has 126 valence electrons. The Balaban J connectivity index is 1.45. The van der Waals surface area contributed by atoms with Crippen LogP contribution in [0, 0.1) is 0 Å². The van der Waals surface area contributed by atoms with E-state index in [9.17, 15) is 0 Å². The second-order valence-electron chi connectivity index (χ2n) is 5.98. The topological polar surface area (TPSA) is 36.9 Å². The molecule has 1 aliphatic heterocycles. The highest BCUT2D eigenvalue weighted by atomic mass is 16.5. The molecule has 0 amide bonds. The van der Waals surface area contributed by atoms with Crippen LogP contribution >= 0.6 is 0 Å². The number of likely N-dealkylation sites (tertiary alicyclic amines) is 1. The number of nitrogens with zero attached hydrogens (tertiary/aromatic N) is 2. The molecule has 2 aromatic rings. The first kappa shape index (κ1) is 16.4. The van der Waals surface area contributed by atoms with Gasteiger partial charge in [-0.1, -0.05) is 48.5 Å². The summed E-state index contributed by atoms with van der Waals surface area (Å²) in [5.74, 6) is 2.45. The largest absolute Gasteiger partial charge is 0.492 e. The van der Waals surface area contributed by atoms with Crippen molar-refractivity contribution in [2.24, 2.45) is 4.99 Å². The van der Waals surface area contributed by atoms with Crippen LogP contribution in [0.4, 0.5) is 0 Å². The maximum Gasteiger partial charge on any atom is 0.193 e. The molecule has 4 heteroatoms. The van der Waals surface area contributed by atoms with Crippen LogP contribution in [0.25, 0.3) is 0 Å².